The molecule has 0 aliphatic carbocycles. The zero-order valence-corrected chi connectivity index (χ0v) is 9.63. The standard InChI is InChI=1S/C11H15NO2S/c1-12-4-6-15-8-10(12)11(13)7-9-3-2-5-14-9/h2-3,5,10H,4,6-8H2,1H3. The minimum absolute atomic E-state index is 0.0637. The Morgan fingerprint density at radius 3 is 3.27 bits per heavy atom. The van der Waals surface area contributed by atoms with Crippen molar-refractivity contribution in [1.82, 2.24) is 4.90 Å². The van der Waals surface area contributed by atoms with Gasteiger partial charge in [0.05, 0.1) is 18.7 Å². The molecule has 3 nitrogen and oxygen atoms in total. The Balaban J connectivity index is 1.95. The molecule has 82 valence electrons. The first kappa shape index (κ1) is 10.8. The molecule has 2 heterocycles. The number of Topliss-reactive ketones (excluding diaryl/α,β-unsaturated/α-hetero) is 1. The molecule has 0 amide bonds. The van der Waals surface area contributed by atoms with Crippen molar-refractivity contribution in [3.05, 3.63) is 24.2 Å². The number of thioether (sulfide) groups is 1. The molecular formula is C11H15NO2S. The number of nitrogens with zero attached hydrogens (tertiary/aromatic N) is 1. The topological polar surface area (TPSA) is 33.5 Å². The summed E-state index contributed by atoms with van der Waals surface area (Å²) in [5.74, 6) is 3.07. The van der Waals surface area contributed by atoms with Gasteiger partial charge in [-0.05, 0) is 19.2 Å². The van der Waals surface area contributed by atoms with Gasteiger partial charge in [0.25, 0.3) is 0 Å². The third-order valence-electron chi connectivity index (χ3n) is 2.70. The van der Waals surface area contributed by atoms with Crippen LogP contribution in [0.2, 0.25) is 0 Å². The van der Waals surface area contributed by atoms with Gasteiger partial charge in [-0.3, -0.25) is 9.69 Å². The van der Waals surface area contributed by atoms with Crippen molar-refractivity contribution in [2.45, 2.75) is 12.5 Å². The van der Waals surface area contributed by atoms with E-state index in [0.29, 0.717) is 6.42 Å². The van der Waals surface area contributed by atoms with E-state index in [9.17, 15) is 4.79 Å². The zero-order chi connectivity index (χ0) is 10.7. The first-order chi connectivity index (χ1) is 7.27. The highest BCUT2D eigenvalue weighted by atomic mass is 32.2. The van der Waals surface area contributed by atoms with E-state index in [4.69, 9.17) is 4.42 Å². The van der Waals surface area contributed by atoms with Crippen molar-refractivity contribution >= 4 is 17.5 Å². The summed E-state index contributed by atoms with van der Waals surface area (Å²) in [6.07, 6.45) is 2.03. The number of ketones is 1. The maximum absolute atomic E-state index is 12.0. The molecule has 1 fully saturated rings. The van der Waals surface area contributed by atoms with Gasteiger partial charge in [-0.15, -0.1) is 0 Å². The van der Waals surface area contributed by atoms with Crippen LogP contribution in [0.5, 0.6) is 0 Å². The molecule has 1 aliphatic heterocycles. The lowest BCUT2D eigenvalue weighted by Crippen LogP contribution is -2.45. The maximum Gasteiger partial charge on any atom is 0.158 e. The zero-order valence-electron chi connectivity index (χ0n) is 8.81. The molecule has 1 atom stereocenters. The lowest BCUT2D eigenvalue weighted by Gasteiger charge is -2.30. The van der Waals surface area contributed by atoms with Crippen LogP contribution in [0, 0.1) is 0 Å². The Morgan fingerprint density at radius 1 is 1.73 bits per heavy atom. The average Bonchev–Trinajstić information content (AvgIpc) is 2.71. The molecule has 1 aliphatic rings. The maximum atomic E-state index is 12.0. The summed E-state index contributed by atoms with van der Waals surface area (Å²) in [5, 5.41) is 0. The lowest BCUT2D eigenvalue weighted by molar-refractivity contribution is -0.122. The van der Waals surface area contributed by atoms with Crippen LogP contribution in [-0.2, 0) is 11.2 Å². The van der Waals surface area contributed by atoms with Crippen LogP contribution >= 0.6 is 11.8 Å². The molecule has 1 aromatic rings. The van der Waals surface area contributed by atoms with Crippen LogP contribution in [0.25, 0.3) is 0 Å². The number of likely N-dealkylation sites (N-methyl/N-ethyl adjacent to an activating group) is 1. The van der Waals surface area contributed by atoms with Crippen LogP contribution in [0.1, 0.15) is 5.76 Å². The molecule has 0 spiro atoms. The van der Waals surface area contributed by atoms with Gasteiger partial charge < -0.3 is 4.42 Å². The van der Waals surface area contributed by atoms with Gasteiger partial charge in [0.15, 0.2) is 5.78 Å². The summed E-state index contributed by atoms with van der Waals surface area (Å²) in [4.78, 5) is 14.1. The highest BCUT2D eigenvalue weighted by Crippen LogP contribution is 2.17. The Kier molecular flexibility index (Phi) is 3.49. The van der Waals surface area contributed by atoms with E-state index >= 15 is 0 Å². The molecule has 1 saturated heterocycles. The Labute approximate surface area is 93.8 Å². The summed E-state index contributed by atoms with van der Waals surface area (Å²) in [6, 6.07) is 3.74. The fraction of sp³-hybridized carbons (Fsp3) is 0.545. The minimum atomic E-state index is 0.0637. The molecule has 0 bridgehead atoms. The second-order valence-corrected chi connectivity index (χ2v) is 4.94. The van der Waals surface area contributed by atoms with E-state index in [2.05, 4.69) is 4.90 Å². The van der Waals surface area contributed by atoms with Crippen LogP contribution in [0.3, 0.4) is 0 Å². The van der Waals surface area contributed by atoms with E-state index in [1.807, 2.05) is 30.9 Å². The minimum Gasteiger partial charge on any atom is -0.469 e. The highest BCUT2D eigenvalue weighted by molar-refractivity contribution is 7.99. The van der Waals surface area contributed by atoms with Gasteiger partial charge in [-0.2, -0.15) is 11.8 Å². The fourth-order valence-corrected chi connectivity index (χ4v) is 2.98. The predicted molar refractivity (Wildman–Crippen MR) is 61.2 cm³/mol. The molecule has 0 saturated carbocycles. The summed E-state index contributed by atoms with van der Waals surface area (Å²) < 4.78 is 5.18. The van der Waals surface area contributed by atoms with Crippen LogP contribution < -0.4 is 0 Å². The quantitative estimate of drug-likeness (QED) is 0.779. The monoisotopic (exact) mass is 225 g/mol. The summed E-state index contributed by atoms with van der Waals surface area (Å²) >= 11 is 1.85. The molecule has 0 aromatic carbocycles. The van der Waals surface area contributed by atoms with Crippen LogP contribution in [0.4, 0.5) is 0 Å². The van der Waals surface area contributed by atoms with Gasteiger partial charge in [0.1, 0.15) is 5.76 Å². The highest BCUT2D eigenvalue weighted by Gasteiger charge is 2.26. The fourth-order valence-electron chi connectivity index (χ4n) is 1.73. The van der Waals surface area contributed by atoms with Gasteiger partial charge >= 0.3 is 0 Å². The SMILES string of the molecule is CN1CCSCC1C(=O)Cc1ccco1. The average molecular weight is 225 g/mol. The summed E-state index contributed by atoms with van der Waals surface area (Å²) in [7, 11) is 2.02. The number of hydrogen-bond donors (Lipinski definition) is 0. The van der Waals surface area contributed by atoms with Gasteiger partial charge in [0, 0.05) is 18.1 Å². The Bertz CT molecular complexity index is 323. The van der Waals surface area contributed by atoms with Crippen molar-refractivity contribution in [2.75, 3.05) is 25.1 Å². The summed E-state index contributed by atoms with van der Waals surface area (Å²) in [6.45, 7) is 0.999. The van der Waals surface area contributed by atoms with Crippen molar-refractivity contribution in [3.8, 4) is 0 Å². The lowest BCUT2D eigenvalue weighted by atomic mass is 10.1. The third-order valence-corrected chi connectivity index (χ3v) is 3.72. The second-order valence-electron chi connectivity index (χ2n) is 3.79. The van der Waals surface area contributed by atoms with Crippen LogP contribution in [-0.4, -0.2) is 41.8 Å². The van der Waals surface area contributed by atoms with E-state index in [-0.39, 0.29) is 11.8 Å². The van der Waals surface area contributed by atoms with Crippen molar-refractivity contribution in [3.63, 3.8) is 0 Å². The Hall–Kier alpha value is -0.740. The first-order valence-corrected chi connectivity index (χ1v) is 6.26. The van der Waals surface area contributed by atoms with E-state index in [1.165, 1.54) is 0 Å². The van der Waals surface area contributed by atoms with Gasteiger partial charge in [0.2, 0.25) is 0 Å². The molecule has 4 heteroatoms. The van der Waals surface area contributed by atoms with Crippen molar-refractivity contribution in [1.29, 1.82) is 0 Å². The number of rotatable bonds is 3. The van der Waals surface area contributed by atoms with E-state index < -0.39 is 0 Å². The largest absolute Gasteiger partial charge is 0.469 e. The first-order valence-electron chi connectivity index (χ1n) is 5.10. The van der Waals surface area contributed by atoms with Crippen LogP contribution in [0.15, 0.2) is 22.8 Å². The van der Waals surface area contributed by atoms with Gasteiger partial charge in [-0.1, -0.05) is 0 Å². The van der Waals surface area contributed by atoms with E-state index in [1.54, 1.807) is 6.26 Å². The number of furan rings is 1. The predicted octanol–water partition coefficient (Wildman–Crippen LogP) is 1.44. The second kappa shape index (κ2) is 4.86. The summed E-state index contributed by atoms with van der Waals surface area (Å²) in [5.41, 5.74) is 0. The van der Waals surface area contributed by atoms with E-state index in [0.717, 1.165) is 23.8 Å². The Morgan fingerprint density at radius 2 is 2.60 bits per heavy atom. The normalized spacial score (nSPS) is 22.9. The molecule has 15 heavy (non-hydrogen) atoms. The molecule has 0 radical (unpaired) electrons. The van der Waals surface area contributed by atoms with Crippen molar-refractivity contribution < 1.29 is 9.21 Å². The molecule has 2 rings (SSSR count). The number of carbonyl (C=O) groups excluding carboxylic acids is 1. The molecular weight excluding hydrogens is 210 g/mol. The van der Waals surface area contributed by atoms with Crippen molar-refractivity contribution in [2.24, 2.45) is 0 Å². The number of hydrogen-bond acceptors (Lipinski definition) is 4. The molecule has 1 aromatic heterocycles. The smallest absolute Gasteiger partial charge is 0.158 e. The molecule has 0 N–H and O–H groups in total. The van der Waals surface area contributed by atoms with Gasteiger partial charge in [-0.25, -0.2) is 0 Å². The third kappa shape index (κ3) is 2.63. The molecule has 1 unspecified atom stereocenters. The number of carbonyl (C=O) groups is 1.